The molecule has 160 valence electrons. The largest absolute Gasteiger partial charge is 0.366 e. The second kappa shape index (κ2) is 9.99. The Morgan fingerprint density at radius 2 is 1.74 bits per heavy atom. The summed E-state index contributed by atoms with van der Waals surface area (Å²) in [7, 11) is 0. The molecule has 2 aromatic carbocycles. The van der Waals surface area contributed by atoms with Crippen molar-refractivity contribution < 1.29 is 14.4 Å². The lowest BCUT2D eigenvalue weighted by Gasteiger charge is -2.20. The van der Waals surface area contributed by atoms with E-state index < -0.39 is 5.91 Å². The van der Waals surface area contributed by atoms with Gasteiger partial charge in [0.2, 0.25) is 11.8 Å². The molecular weight excluding hydrogens is 412 g/mol. The number of anilines is 1. The maximum absolute atomic E-state index is 13.0. The lowest BCUT2D eigenvalue weighted by Crippen LogP contribution is -2.33. The number of nitrogens with zero attached hydrogens (tertiary/aromatic N) is 2. The van der Waals surface area contributed by atoms with E-state index in [1.165, 1.54) is 11.3 Å². The summed E-state index contributed by atoms with van der Waals surface area (Å²) in [5.74, 6) is -0.869. The molecule has 8 heteroatoms. The fourth-order valence-corrected chi connectivity index (χ4v) is 4.06. The highest BCUT2D eigenvalue weighted by atomic mass is 32.1. The van der Waals surface area contributed by atoms with Crippen LogP contribution in [0.1, 0.15) is 39.1 Å². The zero-order valence-corrected chi connectivity index (χ0v) is 18.2. The third-order valence-electron chi connectivity index (χ3n) is 4.74. The van der Waals surface area contributed by atoms with Crippen molar-refractivity contribution in [1.29, 1.82) is 0 Å². The van der Waals surface area contributed by atoms with Gasteiger partial charge in [0.25, 0.3) is 5.91 Å². The molecule has 3 amide bonds. The third kappa shape index (κ3) is 5.55. The van der Waals surface area contributed by atoms with Gasteiger partial charge in [-0.15, -0.1) is 11.3 Å². The molecule has 0 radical (unpaired) electrons. The molecule has 3 aromatic rings. The van der Waals surface area contributed by atoms with Crippen LogP contribution in [0, 0.1) is 6.92 Å². The lowest BCUT2D eigenvalue weighted by atomic mass is 10.2. The number of rotatable bonds is 8. The van der Waals surface area contributed by atoms with Crippen LogP contribution < -0.4 is 11.1 Å². The van der Waals surface area contributed by atoms with Gasteiger partial charge in [-0.25, -0.2) is 4.98 Å². The molecule has 1 heterocycles. The average molecular weight is 437 g/mol. The van der Waals surface area contributed by atoms with Gasteiger partial charge >= 0.3 is 0 Å². The van der Waals surface area contributed by atoms with E-state index in [0.29, 0.717) is 34.9 Å². The molecule has 0 saturated carbocycles. The molecule has 1 aromatic heterocycles. The van der Waals surface area contributed by atoms with Gasteiger partial charge in [-0.2, -0.15) is 0 Å². The van der Waals surface area contributed by atoms with Crippen LogP contribution in [-0.4, -0.2) is 40.7 Å². The standard InChI is InChI=1S/C23H24N4O3S/c1-3-27(14-13-19(28)26-18-11-9-16(10-12-18)21(24)29)23(30)20-15(2)25-22(31-20)17-7-5-4-6-8-17/h4-12H,3,13-14H2,1-2H3,(H2,24,29)(H,26,28). The molecule has 0 atom stereocenters. The van der Waals surface area contributed by atoms with Gasteiger partial charge in [0.05, 0.1) is 5.69 Å². The second-order valence-electron chi connectivity index (χ2n) is 6.92. The van der Waals surface area contributed by atoms with Crippen molar-refractivity contribution in [3.8, 4) is 10.6 Å². The van der Waals surface area contributed by atoms with E-state index in [-0.39, 0.29) is 18.2 Å². The van der Waals surface area contributed by atoms with Crippen LogP contribution in [-0.2, 0) is 4.79 Å². The molecule has 0 fully saturated rings. The number of carbonyl (C=O) groups is 3. The summed E-state index contributed by atoms with van der Waals surface area (Å²) in [6.07, 6.45) is 0.153. The van der Waals surface area contributed by atoms with Crippen LogP contribution in [0.25, 0.3) is 10.6 Å². The topological polar surface area (TPSA) is 105 Å². The number of benzene rings is 2. The van der Waals surface area contributed by atoms with E-state index in [1.54, 1.807) is 29.2 Å². The Labute approximate surface area is 184 Å². The third-order valence-corrected chi connectivity index (χ3v) is 5.94. The summed E-state index contributed by atoms with van der Waals surface area (Å²) >= 11 is 1.36. The first-order valence-corrected chi connectivity index (χ1v) is 10.7. The number of hydrogen-bond donors (Lipinski definition) is 2. The molecule has 0 unspecified atom stereocenters. The van der Waals surface area contributed by atoms with Gasteiger partial charge in [-0.3, -0.25) is 14.4 Å². The Morgan fingerprint density at radius 1 is 1.06 bits per heavy atom. The van der Waals surface area contributed by atoms with Crippen LogP contribution in [0.4, 0.5) is 5.69 Å². The molecule has 0 bridgehead atoms. The summed E-state index contributed by atoms with van der Waals surface area (Å²) in [5.41, 5.74) is 7.81. The second-order valence-corrected chi connectivity index (χ2v) is 7.92. The first-order valence-electron chi connectivity index (χ1n) is 9.91. The molecule has 31 heavy (non-hydrogen) atoms. The number of nitrogens with two attached hydrogens (primary N) is 1. The van der Waals surface area contributed by atoms with E-state index in [4.69, 9.17) is 5.73 Å². The fourth-order valence-electron chi connectivity index (χ4n) is 3.02. The van der Waals surface area contributed by atoms with Crippen LogP contribution in [0.3, 0.4) is 0 Å². The van der Waals surface area contributed by atoms with Crippen LogP contribution in [0.5, 0.6) is 0 Å². The maximum Gasteiger partial charge on any atom is 0.265 e. The minimum absolute atomic E-state index is 0.127. The van der Waals surface area contributed by atoms with Crippen LogP contribution in [0.2, 0.25) is 0 Å². The molecule has 0 aliphatic rings. The summed E-state index contributed by atoms with van der Waals surface area (Å²) in [6.45, 7) is 4.48. The molecule has 0 spiro atoms. The van der Waals surface area contributed by atoms with Crippen molar-refractivity contribution in [3.63, 3.8) is 0 Å². The predicted molar refractivity (Wildman–Crippen MR) is 122 cm³/mol. The Balaban J connectivity index is 1.62. The average Bonchev–Trinajstić information content (AvgIpc) is 3.16. The van der Waals surface area contributed by atoms with Gasteiger partial charge < -0.3 is 16.0 Å². The SMILES string of the molecule is CCN(CCC(=O)Nc1ccc(C(N)=O)cc1)C(=O)c1sc(-c2ccccc2)nc1C. The zero-order chi connectivity index (χ0) is 22.4. The first-order chi connectivity index (χ1) is 14.9. The molecule has 0 aliphatic heterocycles. The van der Waals surface area contributed by atoms with Crippen LogP contribution in [0.15, 0.2) is 54.6 Å². The quantitative estimate of drug-likeness (QED) is 0.561. The Kier molecular flexibility index (Phi) is 7.15. The van der Waals surface area contributed by atoms with Crippen molar-refractivity contribution in [1.82, 2.24) is 9.88 Å². The number of nitrogens with one attached hydrogen (secondary N) is 1. The predicted octanol–water partition coefficient (Wildman–Crippen LogP) is 3.71. The van der Waals surface area contributed by atoms with Crippen LogP contribution >= 0.6 is 11.3 Å². The van der Waals surface area contributed by atoms with E-state index in [2.05, 4.69) is 10.3 Å². The molecule has 3 N–H and O–H groups in total. The number of amides is 3. The fraction of sp³-hybridized carbons (Fsp3) is 0.217. The minimum Gasteiger partial charge on any atom is -0.366 e. The Hall–Kier alpha value is -3.52. The van der Waals surface area contributed by atoms with Crippen molar-refractivity contribution in [2.75, 3.05) is 18.4 Å². The monoisotopic (exact) mass is 436 g/mol. The highest BCUT2D eigenvalue weighted by Crippen LogP contribution is 2.28. The normalized spacial score (nSPS) is 10.5. The molecule has 7 nitrogen and oxygen atoms in total. The lowest BCUT2D eigenvalue weighted by molar-refractivity contribution is -0.116. The van der Waals surface area contributed by atoms with Crippen molar-refractivity contribution in [2.45, 2.75) is 20.3 Å². The molecule has 0 aliphatic carbocycles. The van der Waals surface area contributed by atoms with Gasteiger partial charge in [0.15, 0.2) is 0 Å². The van der Waals surface area contributed by atoms with E-state index in [0.717, 1.165) is 10.6 Å². The Bertz CT molecular complexity index is 1080. The van der Waals surface area contributed by atoms with Crippen molar-refractivity contribution in [2.24, 2.45) is 5.73 Å². The van der Waals surface area contributed by atoms with E-state index in [1.807, 2.05) is 44.2 Å². The molecule has 0 saturated heterocycles. The summed E-state index contributed by atoms with van der Waals surface area (Å²) in [5, 5.41) is 3.57. The van der Waals surface area contributed by atoms with E-state index >= 15 is 0 Å². The van der Waals surface area contributed by atoms with E-state index in [9.17, 15) is 14.4 Å². The number of hydrogen-bond acceptors (Lipinski definition) is 5. The van der Waals surface area contributed by atoms with Gasteiger partial charge in [0, 0.05) is 36.3 Å². The van der Waals surface area contributed by atoms with Gasteiger partial charge in [-0.1, -0.05) is 30.3 Å². The first kappa shape index (κ1) is 22.2. The van der Waals surface area contributed by atoms with Gasteiger partial charge in [0.1, 0.15) is 9.88 Å². The highest BCUT2D eigenvalue weighted by molar-refractivity contribution is 7.17. The number of primary amides is 1. The number of aromatic nitrogens is 1. The maximum atomic E-state index is 13.0. The van der Waals surface area contributed by atoms with Gasteiger partial charge in [-0.05, 0) is 38.1 Å². The van der Waals surface area contributed by atoms with Crippen molar-refractivity contribution >= 4 is 34.7 Å². The Morgan fingerprint density at radius 3 is 2.35 bits per heavy atom. The smallest absolute Gasteiger partial charge is 0.265 e. The minimum atomic E-state index is -0.524. The highest BCUT2D eigenvalue weighted by Gasteiger charge is 2.21. The summed E-state index contributed by atoms with van der Waals surface area (Å²) in [4.78, 5) is 43.3. The summed E-state index contributed by atoms with van der Waals surface area (Å²) in [6, 6.07) is 16.1. The summed E-state index contributed by atoms with van der Waals surface area (Å²) < 4.78 is 0. The number of aryl methyl sites for hydroxylation is 1. The zero-order valence-electron chi connectivity index (χ0n) is 17.4. The number of carbonyl (C=O) groups excluding carboxylic acids is 3. The molecule has 3 rings (SSSR count). The number of thiazole rings is 1. The van der Waals surface area contributed by atoms with Crippen molar-refractivity contribution in [3.05, 3.63) is 70.7 Å². The molecular formula is C23H24N4O3S.